The van der Waals surface area contributed by atoms with Gasteiger partial charge in [-0.25, -0.2) is 8.42 Å². The van der Waals surface area contributed by atoms with Crippen molar-refractivity contribution in [2.24, 2.45) is 0 Å². The van der Waals surface area contributed by atoms with Gasteiger partial charge in [0.25, 0.3) is 0 Å². The van der Waals surface area contributed by atoms with Gasteiger partial charge in [-0.15, -0.1) is 0 Å². The summed E-state index contributed by atoms with van der Waals surface area (Å²) in [6.45, 7) is 1.07. The van der Waals surface area contributed by atoms with E-state index in [-0.39, 0.29) is 28.5 Å². The van der Waals surface area contributed by atoms with Gasteiger partial charge in [-0.1, -0.05) is 18.6 Å². The maximum atomic E-state index is 12.7. The zero-order valence-corrected chi connectivity index (χ0v) is 18.0. The van der Waals surface area contributed by atoms with Crippen LogP contribution in [-0.4, -0.2) is 43.8 Å². The topological polar surface area (TPSA) is 116 Å². The molecule has 0 radical (unpaired) electrons. The normalized spacial score (nSPS) is 14.7. The van der Waals surface area contributed by atoms with Crippen LogP contribution in [0.2, 0.25) is 0 Å². The van der Waals surface area contributed by atoms with Crippen LogP contribution in [0.4, 0.5) is 5.69 Å². The van der Waals surface area contributed by atoms with Crippen molar-refractivity contribution in [1.82, 2.24) is 4.31 Å². The van der Waals surface area contributed by atoms with Gasteiger partial charge in [0.2, 0.25) is 15.8 Å². The number of nitrogens with zero attached hydrogens (tertiary/aromatic N) is 2. The van der Waals surface area contributed by atoms with E-state index in [1.807, 2.05) is 0 Å². The Kier molecular flexibility index (Phi) is 7.24. The average Bonchev–Trinajstić information content (AvgIpc) is 2.78. The van der Waals surface area contributed by atoms with E-state index in [0.29, 0.717) is 19.5 Å². The number of esters is 1. The first-order chi connectivity index (χ1) is 14.8. The monoisotopic (exact) mass is 448 g/mol. The Balaban J connectivity index is 1.60. The van der Waals surface area contributed by atoms with Gasteiger partial charge in [0.05, 0.1) is 23.0 Å². The van der Waals surface area contributed by atoms with Crippen LogP contribution in [-0.2, 0) is 21.2 Å². The third-order valence-corrected chi connectivity index (χ3v) is 6.99. The Labute approximate surface area is 180 Å². The summed E-state index contributed by atoms with van der Waals surface area (Å²) in [6.07, 6.45) is 3.08. The number of rotatable bonds is 8. The largest absolute Gasteiger partial charge is 0.496 e. The highest BCUT2D eigenvalue weighted by molar-refractivity contribution is 7.89. The second-order valence-electron chi connectivity index (χ2n) is 7.17. The van der Waals surface area contributed by atoms with E-state index >= 15 is 0 Å². The number of aryl methyl sites for hydroxylation is 1. The summed E-state index contributed by atoms with van der Waals surface area (Å²) in [5, 5.41) is 11.2. The van der Waals surface area contributed by atoms with Gasteiger partial charge < -0.3 is 9.47 Å². The van der Waals surface area contributed by atoms with E-state index in [1.54, 1.807) is 24.3 Å². The van der Waals surface area contributed by atoms with Crippen LogP contribution in [0, 0.1) is 10.1 Å². The summed E-state index contributed by atoms with van der Waals surface area (Å²) in [6, 6.07) is 10.4. The SMILES string of the molecule is COc1ccc(OC(=O)CCc2ccc(S(=O)(=O)N3CCCCC3)cc2)c([N+](=O)[O-])c1. The lowest BCUT2D eigenvalue weighted by atomic mass is 10.1. The molecule has 9 nitrogen and oxygen atoms in total. The molecule has 0 atom stereocenters. The molecule has 0 spiro atoms. The molecule has 2 aromatic rings. The number of hydrogen-bond donors (Lipinski definition) is 0. The fraction of sp³-hybridized carbons (Fsp3) is 0.381. The molecule has 1 aliphatic heterocycles. The second-order valence-corrected chi connectivity index (χ2v) is 9.11. The summed E-state index contributed by atoms with van der Waals surface area (Å²) in [5.74, 6) is -0.497. The van der Waals surface area contributed by atoms with Crippen molar-refractivity contribution in [3.8, 4) is 11.5 Å². The molecule has 1 saturated heterocycles. The number of methoxy groups -OCH3 is 1. The number of piperidine rings is 1. The predicted molar refractivity (Wildman–Crippen MR) is 113 cm³/mol. The van der Waals surface area contributed by atoms with E-state index in [1.165, 1.54) is 29.6 Å². The minimum Gasteiger partial charge on any atom is -0.496 e. The quantitative estimate of drug-likeness (QED) is 0.263. The molecule has 2 aromatic carbocycles. The standard InChI is InChI=1S/C21H24N2O7S/c1-29-17-8-11-20(19(15-17)23(25)26)30-21(24)12-7-16-5-9-18(10-6-16)31(27,28)22-13-3-2-4-14-22/h5-6,8-11,15H,2-4,7,12-14H2,1H3. The first-order valence-electron chi connectivity index (χ1n) is 9.93. The molecule has 1 heterocycles. The molecule has 10 heteroatoms. The highest BCUT2D eigenvalue weighted by Gasteiger charge is 2.25. The molecule has 1 aliphatic rings. The van der Waals surface area contributed by atoms with E-state index in [4.69, 9.17) is 9.47 Å². The Bertz CT molecular complexity index is 1050. The number of benzene rings is 2. The molecule has 0 N–H and O–H groups in total. The van der Waals surface area contributed by atoms with Crippen molar-refractivity contribution in [2.75, 3.05) is 20.2 Å². The number of hydrogen-bond acceptors (Lipinski definition) is 7. The third-order valence-electron chi connectivity index (χ3n) is 5.08. The zero-order valence-electron chi connectivity index (χ0n) is 17.2. The van der Waals surface area contributed by atoms with Crippen LogP contribution in [0.15, 0.2) is 47.4 Å². The number of carbonyl (C=O) groups is 1. The molecule has 3 rings (SSSR count). The molecule has 0 amide bonds. The lowest BCUT2D eigenvalue weighted by molar-refractivity contribution is -0.385. The first-order valence-corrected chi connectivity index (χ1v) is 11.4. The van der Waals surface area contributed by atoms with Gasteiger partial charge in [0, 0.05) is 19.5 Å². The Morgan fingerprint density at radius 1 is 1.10 bits per heavy atom. The third kappa shape index (κ3) is 5.59. The summed E-state index contributed by atoms with van der Waals surface area (Å²) in [7, 11) is -2.12. The average molecular weight is 448 g/mol. The van der Waals surface area contributed by atoms with Crippen LogP contribution in [0.1, 0.15) is 31.2 Å². The summed E-state index contributed by atoms with van der Waals surface area (Å²) in [4.78, 5) is 22.9. The van der Waals surface area contributed by atoms with Crippen LogP contribution >= 0.6 is 0 Å². The highest BCUT2D eigenvalue weighted by atomic mass is 32.2. The highest BCUT2D eigenvalue weighted by Crippen LogP contribution is 2.31. The van der Waals surface area contributed by atoms with Crippen LogP contribution in [0.3, 0.4) is 0 Å². The van der Waals surface area contributed by atoms with Gasteiger partial charge in [-0.3, -0.25) is 14.9 Å². The van der Waals surface area contributed by atoms with E-state index < -0.39 is 20.9 Å². The smallest absolute Gasteiger partial charge is 0.315 e. The Hall–Kier alpha value is -2.98. The van der Waals surface area contributed by atoms with Gasteiger partial charge >= 0.3 is 11.7 Å². The minimum absolute atomic E-state index is 0.0125. The number of carbonyl (C=O) groups excluding carboxylic acids is 1. The van der Waals surface area contributed by atoms with Crippen molar-refractivity contribution in [2.45, 2.75) is 37.0 Å². The van der Waals surface area contributed by atoms with Crippen molar-refractivity contribution in [3.05, 3.63) is 58.1 Å². The van der Waals surface area contributed by atoms with Gasteiger partial charge in [-0.2, -0.15) is 4.31 Å². The van der Waals surface area contributed by atoms with Crippen molar-refractivity contribution in [3.63, 3.8) is 0 Å². The molecule has 0 bridgehead atoms. The molecule has 1 fully saturated rings. The minimum atomic E-state index is -3.50. The maximum Gasteiger partial charge on any atom is 0.315 e. The Morgan fingerprint density at radius 3 is 2.39 bits per heavy atom. The maximum absolute atomic E-state index is 12.7. The lowest BCUT2D eigenvalue weighted by Gasteiger charge is -2.25. The summed E-state index contributed by atoms with van der Waals surface area (Å²) >= 11 is 0. The Morgan fingerprint density at radius 2 is 1.77 bits per heavy atom. The van der Waals surface area contributed by atoms with E-state index in [2.05, 4.69) is 0 Å². The fourth-order valence-electron chi connectivity index (χ4n) is 3.36. The fourth-order valence-corrected chi connectivity index (χ4v) is 4.87. The molecule has 0 saturated carbocycles. The van der Waals surface area contributed by atoms with Crippen LogP contribution in [0.25, 0.3) is 0 Å². The van der Waals surface area contributed by atoms with Gasteiger partial charge in [0.15, 0.2) is 0 Å². The summed E-state index contributed by atoms with van der Waals surface area (Å²) in [5.41, 5.74) is 0.402. The molecule has 0 unspecified atom stereocenters. The molecular weight excluding hydrogens is 424 g/mol. The number of nitro benzene ring substituents is 1. The van der Waals surface area contributed by atoms with Crippen molar-refractivity contribution >= 4 is 21.7 Å². The molecule has 0 aromatic heterocycles. The van der Waals surface area contributed by atoms with E-state index in [9.17, 15) is 23.3 Å². The molecular formula is C21H24N2O7S. The lowest BCUT2D eigenvalue weighted by Crippen LogP contribution is -2.35. The van der Waals surface area contributed by atoms with Crippen LogP contribution < -0.4 is 9.47 Å². The van der Waals surface area contributed by atoms with E-state index in [0.717, 1.165) is 24.8 Å². The molecule has 166 valence electrons. The van der Waals surface area contributed by atoms with Gasteiger partial charge in [-0.05, 0) is 49.1 Å². The zero-order chi connectivity index (χ0) is 22.4. The molecule has 31 heavy (non-hydrogen) atoms. The van der Waals surface area contributed by atoms with Crippen molar-refractivity contribution in [1.29, 1.82) is 0 Å². The first kappa shape index (κ1) is 22.7. The van der Waals surface area contributed by atoms with Crippen LogP contribution in [0.5, 0.6) is 11.5 Å². The predicted octanol–water partition coefficient (Wildman–Crippen LogP) is 3.32. The number of sulfonamides is 1. The number of nitro groups is 1. The van der Waals surface area contributed by atoms with Crippen molar-refractivity contribution < 1.29 is 27.6 Å². The number of ether oxygens (including phenoxy) is 2. The molecule has 0 aliphatic carbocycles. The summed E-state index contributed by atoms with van der Waals surface area (Å²) < 4.78 is 37.0. The van der Waals surface area contributed by atoms with Gasteiger partial charge in [0.1, 0.15) is 5.75 Å². The second kappa shape index (κ2) is 9.88.